The second-order valence-electron chi connectivity index (χ2n) is 7.21. The molecule has 0 radical (unpaired) electrons. The summed E-state index contributed by atoms with van der Waals surface area (Å²) in [4.78, 5) is 2.51. The molecule has 3 rings (SSSR count). The molecule has 0 aliphatic carbocycles. The number of benzene rings is 1. The average molecular weight is 350 g/mol. The molecule has 1 aromatic rings. The molecule has 140 valence electrons. The predicted molar refractivity (Wildman–Crippen MR) is 96.1 cm³/mol. The zero-order valence-electron chi connectivity index (χ0n) is 15.3. The molecule has 25 heavy (non-hydrogen) atoms. The van der Waals surface area contributed by atoms with Crippen LogP contribution in [0, 0.1) is 5.92 Å². The van der Waals surface area contributed by atoms with Crippen LogP contribution in [-0.2, 0) is 6.42 Å². The maximum Gasteiger partial charge on any atom is 0.161 e. The van der Waals surface area contributed by atoms with Gasteiger partial charge in [-0.1, -0.05) is 13.3 Å². The van der Waals surface area contributed by atoms with Crippen molar-refractivity contribution in [1.29, 1.82) is 0 Å². The number of nitrogens with zero attached hydrogens (tertiary/aromatic N) is 1. The number of fused-ring (bicyclic) bond motifs is 3. The van der Waals surface area contributed by atoms with Crippen LogP contribution in [0.2, 0.25) is 0 Å². The molecule has 2 aliphatic rings. The predicted octanol–water partition coefficient (Wildman–Crippen LogP) is 3.51. The lowest BCUT2D eigenvalue weighted by molar-refractivity contribution is -0.0152. The number of halogens is 1. The van der Waals surface area contributed by atoms with Crippen LogP contribution in [0.5, 0.6) is 11.5 Å². The number of rotatable bonds is 7. The van der Waals surface area contributed by atoms with E-state index in [2.05, 4.69) is 17.9 Å². The minimum atomic E-state index is -0.374. The highest BCUT2D eigenvalue weighted by molar-refractivity contribution is 5.49. The fourth-order valence-electron chi connectivity index (χ4n) is 4.26. The minimum Gasteiger partial charge on any atom is -0.493 e. The largest absolute Gasteiger partial charge is 0.493 e. The molecule has 0 bridgehead atoms. The third-order valence-electron chi connectivity index (χ3n) is 5.57. The van der Waals surface area contributed by atoms with Crippen LogP contribution in [-0.4, -0.2) is 49.6 Å². The van der Waals surface area contributed by atoms with Gasteiger partial charge >= 0.3 is 0 Å². The number of piperidine rings is 1. The molecule has 4 nitrogen and oxygen atoms in total. The molecule has 1 saturated heterocycles. The van der Waals surface area contributed by atoms with Gasteiger partial charge in [0.25, 0.3) is 0 Å². The molecule has 1 N–H and O–H groups in total. The van der Waals surface area contributed by atoms with Gasteiger partial charge in [-0.15, -0.1) is 0 Å². The van der Waals surface area contributed by atoms with Crippen molar-refractivity contribution < 1.29 is 19.0 Å². The van der Waals surface area contributed by atoms with E-state index in [4.69, 9.17) is 9.47 Å². The van der Waals surface area contributed by atoms with E-state index in [1.165, 1.54) is 11.1 Å². The summed E-state index contributed by atoms with van der Waals surface area (Å²) in [6.07, 6.45) is 4.11. The Labute approximate surface area is 149 Å². The van der Waals surface area contributed by atoms with Crippen molar-refractivity contribution in [3.63, 3.8) is 0 Å². The fraction of sp³-hybridized carbons (Fsp3) is 0.700. The molecular formula is C20H30FNO3. The van der Waals surface area contributed by atoms with Crippen LogP contribution < -0.4 is 9.47 Å². The Morgan fingerprint density at radius 3 is 2.88 bits per heavy atom. The van der Waals surface area contributed by atoms with Crippen molar-refractivity contribution in [1.82, 2.24) is 4.90 Å². The smallest absolute Gasteiger partial charge is 0.161 e. The van der Waals surface area contributed by atoms with Gasteiger partial charge in [0.1, 0.15) is 0 Å². The van der Waals surface area contributed by atoms with E-state index < -0.39 is 0 Å². The third kappa shape index (κ3) is 3.93. The monoisotopic (exact) mass is 350 g/mol. The standard InChI is InChI=1S/C20H30FNO3/c1-3-5-15-13-22-8-6-14-10-20(25-9-4-7-21)19(24-2)11-16(14)17(22)12-18(15)23/h10-11,15,17-18,23H,3-9,12-13H2,1-2H3/t15-,17-,18-/m1/s1/i21-1. The summed E-state index contributed by atoms with van der Waals surface area (Å²) in [5.41, 5.74) is 2.51. The van der Waals surface area contributed by atoms with Crippen molar-refractivity contribution >= 4 is 0 Å². The second kappa shape index (κ2) is 8.37. The summed E-state index contributed by atoms with van der Waals surface area (Å²) < 4.78 is 23.5. The molecule has 3 atom stereocenters. The number of hydrogen-bond acceptors (Lipinski definition) is 4. The quantitative estimate of drug-likeness (QED) is 0.764. The Morgan fingerprint density at radius 2 is 2.16 bits per heavy atom. The number of ether oxygens (including phenoxy) is 2. The summed E-state index contributed by atoms with van der Waals surface area (Å²) >= 11 is 0. The van der Waals surface area contributed by atoms with Crippen molar-refractivity contribution in [2.24, 2.45) is 5.92 Å². The number of aliphatic hydroxyl groups excluding tert-OH is 1. The zero-order chi connectivity index (χ0) is 17.8. The lowest BCUT2D eigenvalue weighted by atomic mass is 9.80. The Kier molecular flexibility index (Phi) is 6.18. The highest BCUT2D eigenvalue weighted by Gasteiger charge is 2.38. The first-order chi connectivity index (χ1) is 12.2. The summed E-state index contributed by atoms with van der Waals surface area (Å²) in [5.74, 6) is 1.78. The van der Waals surface area contributed by atoms with Crippen LogP contribution in [0.3, 0.4) is 0 Å². The van der Waals surface area contributed by atoms with Gasteiger partial charge < -0.3 is 14.6 Å². The lowest BCUT2D eigenvalue weighted by Crippen LogP contribution is -2.47. The maximum absolute atomic E-state index is 12.3. The van der Waals surface area contributed by atoms with E-state index >= 15 is 0 Å². The molecule has 0 saturated carbocycles. The van der Waals surface area contributed by atoms with Crippen LogP contribution in [0.1, 0.15) is 49.8 Å². The average Bonchev–Trinajstić information content (AvgIpc) is 2.62. The molecule has 1 fully saturated rings. The van der Waals surface area contributed by atoms with Gasteiger partial charge in [0, 0.05) is 25.6 Å². The Bertz CT molecular complexity index is 580. The van der Waals surface area contributed by atoms with Crippen molar-refractivity contribution in [2.45, 2.75) is 51.2 Å². The van der Waals surface area contributed by atoms with E-state index in [0.717, 1.165) is 38.8 Å². The molecule has 0 unspecified atom stereocenters. The Morgan fingerprint density at radius 1 is 1.32 bits per heavy atom. The Hall–Kier alpha value is -1.33. The van der Waals surface area contributed by atoms with Gasteiger partial charge in [0.2, 0.25) is 0 Å². The third-order valence-corrected chi connectivity index (χ3v) is 5.57. The maximum atomic E-state index is 12.3. The van der Waals surface area contributed by atoms with E-state index in [-0.39, 0.29) is 18.8 Å². The van der Waals surface area contributed by atoms with Gasteiger partial charge in [-0.2, -0.15) is 0 Å². The van der Waals surface area contributed by atoms with Gasteiger partial charge in [-0.25, -0.2) is 0 Å². The highest BCUT2D eigenvalue weighted by atomic mass is 18.2. The van der Waals surface area contributed by atoms with Gasteiger partial charge in [-0.3, -0.25) is 9.29 Å². The zero-order valence-corrected chi connectivity index (χ0v) is 15.3. The molecule has 2 aliphatic heterocycles. The first-order valence-corrected chi connectivity index (χ1v) is 9.49. The first-order valence-electron chi connectivity index (χ1n) is 9.49. The van der Waals surface area contributed by atoms with Gasteiger partial charge in [0.05, 0.1) is 26.5 Å². The molecule has 5 heteroatoms. The number of alkyl halides is 1. The summed E-state index contributed by atoms with van der Waals surface area (Å²) in [7, 11) is 1.64. The topological polar surface area (TPSA) is 41.9 Å². The number of aliphatic hydroxyl groups is 1. The summed E-state index contributed by atoms with van der Waals surface area (Å²) in [5, 5.41) is 10.6. The fourth-order valence-corrected chi connectivity index (χ4v) is 4.26. The minimum absolute atomic E-state index is 0.237. The second-order valence-corrected chi connectivity index (χ2v) is 7.21. The van der Waals surface area contributed by atoms with Crippen LogP contribution in [0.4, 0.5) is 4.39 Å². The molecule has 0 aromatic heterocycles. The molecule has 0 spiro atoms. The SMILES string of the molecule is CCC[C@@H]1CN2CCc3cc(OCCC[18F])c(OC)cc3[C@H]2C[C@H]1O. The Balaban J connectivity index is 1.82. The number of methoxy groups -OCH3 is 1. The van der Waals surface area contributed by atoms with Crippen LogP contribution >= 0.6 is 0 Å². The van der Waals surface area contributed by atoms with Crippen molar-refractivity contribution in [2.75, 3.05) is 33.5 Å². The van der Waals surface area contributed by atoms with Crippen molar-refractivity contribution in [3.05, 3.63) is 23.3 Å². The van der Waals surface area contributed by atoms with E-state index in [0.29, 0.717) is 30.4 Å². The first kappa shape index (κ1) is 18.5. The van der Waals surface area contributed by atoms with Crippen LogP contribution in [0.15, 0.2) is 12.1 Å². The van der Waals surface area contributed by atoms with E-state index in [1.54, 1.807) is 7.11 Å². The van der Waals surface area contributed by atoms with Gasteiger partial charge in [-0.05, 0) is 48.4 Å². The molecule has 0 amide bonds. The highest BCUT2D eigenvalue weighted by Crippen LogP contribution is 2.43. The van der Waals surface area contributed by atoms with Crippen molar-refractivity contribution in [3.8, 4) is 11.5 Å². The number of hydrogen-bond donors (Lipinski definition) is 1. The van der Waals surface area contributed by atoms with E-state index in [1.807, 2.05) is 6.07 Å². The van der Waals surface area contributed by atoms with Gasteiger partial charge in [0.15, 0.2) is 11.5 Å². The lowest BCUT2D eigenvalue weighted by Gasteiger charge is -2.46. The van der Waals surface area contributed by atoms with Crippen LogP contribution in [0.25, 0.3) is 0 Å². The molecule has 1 aromatic carbocycles. The molecular weight excluding hydrogens is 320 g/mol. The normalized spacial score (nSPS) is 26.0. The molecule has 2 heterocycles. The van der Waals surface area contributed by atoms with E-state index in [9.17, 15) is 9.50 Å². The summed E-state index contributed by atoms with van der Waals surface area (Å²) in [6, 6.07) is 4.36. The summed E-state index contributed by atoms with van der Waals surface area (Å²) in [6.45, 7) is 4.15.